The van der Waals surface area contributed by atoms with Crippen LogP contribution in [0.2, 0.25) is 5.02 Å². The number of fused-ring (bicyclic) bond motifs is 1. The topological polar surface area (TPSA) is 69.0 Å². The van der Waals surface area contributed by atoms with Gasteiger partial charge in [0.1, 0.15) is 18.4 Å². The standard InChI is InChI=1S/C29H27ClN4O2S/c1-18-8-4-5-9-22(18)16-36-24-14-12-21(13-15-24)27-26(20(3)35)19(2)31-28-32-29(33-34(27)28)37-17-23-10-6-7-11-25(23)30/h4-15,27H,16-17H2,1-3H3,(H,31,32,33). The second kappa shape index (κ2) is 10.8. The van der Waals surface area contributed by atoms with Gasteiger partial charge in [-0.25, -0.2) is 4.68 Å². The largest absolute Gasteiger partial charge is 0.489 e. The second-order valence-corrected chi connectivity index (χ2v) is 10.3. The molecule has 188 valence electrons. The number of thioether (sulfide) groups is 1. The highest BCUT2D eigenvalue weighted by atomic mass is 35.5. The quantitative estimate of drug-likeness (QED) is 0.248. The fourth-order valence-corrected chi connectivity index (χ4v) is 5.51. The van der Waals surface area contributed by atoms with Crippen LogP contribution in [0.4, 0.5) is 5.95 Å². The highest BCUT2D eigenvalue weighted by Gasteiger charge is 2.32. The molecule has 0 spiro atoms. The number of carbonyl (C=O) groups excluding carboxylic acids is 1. The van der Waals surface area contributed by atoms with Crippen molar-refractivity contribution in [3.8, 4) is 5.75 Å². The predicted molar refractivity (Wildman–Crippen MR) is 148 cm³/mol. The number of allylic oxidation sites excluding steroid dienone is 2. The zero-order valence-corrected chi connectivity index (χ0v) is 22.4. The van der Waals surface area contributed by atoms with E-state index < -0.39 is 0 Å². The Morgan fingerprint density at radius 3 is 2.43 bits per heavy atom. The second-order valence-electron chi connectivity index (χ2n) is 8.95. The van der Waals surface area contributed by atoms with E-state index in [4.69, 9.17) is 26.4 Å². The summed E-state index contributed by atoms with van der Waals surface area (Å²) >= 11 is 7.83. The van der Waals surface area contributed by atoms with Gasteiger partial charge in [-0.1, -0.05) is 78.0 Å². The molecule has 0 saturated carbocycles. The highest BCUT2D eigenvalue weighted by Crippen LogP contribution is 2.37. The molecule has 1 aromatic heterocycles. The maximum Gasteiger partial charge on any atom is 0.227 e. The summed E-state index contributed by atoms with van der Waals surface area (Å²) in [5.74, 6) is 2.00. The van der Waals surface area contributed by atoms with E-state index in [2.05, 4.69) is 24.4 Å². The van der Waals surface area contributed by atoms with Crippen molar-refractivity contribution in [2.75, 3.05) is 5.32 Å². The first-order chi connectivity index (χ1) is 17.9. The number of benzene rings is 3. The molecule has 6 nitrogen and oxygen atoms in total. The van der Waals surface area contributed by atoms with Crippen LogP contribution in [0, 0.1) is 6.92 Å². The molecule has 0 saturated heterocycles. The molecule has 4 aromatic rings. The summed E-state index contributed by atoms with van der Waals surface area (Å²) in [6.07, 6.45) is 0. The van der Waals surface area contributed by atoms with Crippen LogP contribution >= 0.6 is 23.4 Å². The Hall–Kier alpha value is -3.55. The number of rotatable bonds is 8. The number of halogens is 1. The molecule has 0 amide bonds. The van der Waals surface area contributed by atoms with Crippen molar-refractivity contribution in [1.29, 1.82) is 0 Å². The van der Waals surface area contributed by atoms with E-state index in [0.717, 1.165) is 33.2 Å². The third kappa shape index (κ3) is 5.43. The monoisotopic (exact) mass is 530 g/mol. The molecule has 37 heavy (non-hydrogen) atoms. The van der Waals surface area contributed by atoms with E-state index in [-0.39, 0.29) is 11.8 Å². The third-order valence-electron chi connectivity index (χ3n) is 6.38. The molecular weight excluding hydrogens is 504 g/mol. The fourth-order valence-electron chi connectivity index (χ4n) is 4.39. The lowest BCUT2D eigenvalue weighted by Gasteiger charge is -2.28. The van der Waals surface area contributed by atoms with Crippen molar-refractivity contribution in [2.24, 2.45) is 0 Å². The Bertz CT molecular complexity index is 1480. The van der Waals surface area contributed by atoms with Gasteiger partial charge >= 0.3 is 0 Å². The number of aryl methyl sites for hydroxylation is 1. The summed E-state index contributed by atoms with van der Waals surface area (Å²) in [5.41, 5.74) is 5.74. The number of Topliss-reactive ketones (excluding diaryl/α,β-unsaturated/α-hetero) is 1. The average Bonchev–Trinajstić information content (AvgIpc) is 3.29. The maximum absolute atomic E-state index is 12.7. The number of nitrogens with zero attached hydrogens (tertiary/aromatic N) is 3. The Morgan fingerprint density at radius 2 is 1.73 bits per heavy atom. The van der Waals surface area contributed by atoms with Gasteiger partial charge in [-0.15, -0.1) is 5.10 Å². The van der Waals surface area contributed by atoms with Crippen LogP contribution < -0.4 is 10.1 Å². The number of hydrogen-bond donors (Lipinski definition) is 1. The number of ketones is 1. The molecule has 1 atom stereocenters. The highest BCUT2D eigenvalue weighted by molar-refractivity contribution is 7.98. The molecule has 1 unspecified atom stereocenters. The van der Waals surface area contributed by atoms with Crippen LogP contribution in [0.5, 0.6) is 5.75 Å². The van der Waals surface area contributed by atoms with Crippen LogP contribution in [-0.2, 0) is 17.2 Å². The molecule has 0 radical (unpaired) electrons. The van der Waals surface area contributed by atoms with Gasteiger partial charge in [0, 0.05) is 22.0 Å². The molecule has 1 N–H and O–H groups in total. The van der Waals surface area contributed by atoms with Crippen LogP contribution in [0.3, 0.4) is 0 Å². The van der Waals surface area contributed by atoms with Gasteiger partial charge in [-0.2, -0.15) is 4.98 Å². The lowest BCUT2D eigenvalue weighted by atomic mass is 9.93. The Balaban J connectivity index is 1.39. The van der Waals surface area contributed by atoms with Gasteiger partial charge in [0.05, 0.1) is 0 Å². The fraction of sp³-hybridized carbons (Fsp3) is 0.207. The van der Waals surface area contributed by atoms with E-state index in [1.165, 1.54) is 17.3 Å². The maximum atomic E-state index is 12.7. The van der Waals surface area contributed by atoms with E-state index in [1.54, 1.807) is 11.6 Å². The number of hydrogen-bond acceptors (Lipinski definition) is 6. The third-order valence-corrected chi connectivity index (χ3v) is 7.63. The van der Waals surface area contributed by atoms with Gasteiger partial charge < -0.3 is 10.1 Å². The Labute approximate surface area is 225 Å². The molecule has 5 rings (SSSR count). The van der Waals surface area contributed by atoms with E-state index in [9.17, 15) is 4.79 Å². The van der Waals surface area contributed by atoms with E-state index in [0.29, 0.717) is 29.0 Å². The molecule has 0 bridgehead atoms. The van der Waals surface area contributed by atoms with E-state index >= 15 is 0 Å². The first kappa shape index (κ1) is 25.1. The van der Waals surface area contributed by atoms with Crippen LogP contribution in [0.1, 0.15) is 42.1 Å². The van der Waals surface area contributed by atoms with Crippen molar-refractivity contribution in [2.45, 2.75) is 44.3 Å². The number of ether oxygens (including phenoxy) is 1. The zero-order chi connectivity index (χ0) is 25.9. The summed E-state index contributed by atoms with van der Waals surface area (Å²) in [4.78, 5) is 17.4. The predicted octanol–water partition coefficient (Wildman–Crippen LogP) is 6.99. The molecule has 8 heteroatoms. The van der Waals surface area contributed by atoms with Crippen molar-refractivity contribution in [3.05, 3.63) is 111 Å². The van der Waals surface area contributed by atoms with Gasteiger partial charge in [0.2, 0.25) is 11.1 Å². The first-order valence-corrected chi connectivity index (χ1v) is 13.4. The van der Waals surface area contributed by atoms with E-state index in [1.807, 2.05) is 67.6 Å². The minimum absolute atomic E-state index is 0.0127. The van der Waals surface area contributed by atoms with Gasteiger partial charge in [0.15, 0.2) is 5.78 Å². The van der Waals surface area contributed by atoms with Gasteiger partial charge in [0.25, 0.3) is 0 Å². The minimum atomic E-state index is -0.388. The van der Waals surface area contributed by atoms with Crippen molar-refractivity contribution >= 4 is 35.1 Å². The van der Waals surface area contributed by atoms with Crippen LogP contribution in [-0.4, -0.2) is 20.5 Å². The van der Waals surface area contributed by atoms with Crippen molar-refractivity contribution in [3.63, 3.8) is 0 Å². The normalized spacial score (nSPS) is 14.8. The summed E-state index contributed by atoms with van der Waals surface area (Å²) in [7, 11) is 0. The molecule has 1 aliphatic heterocycles. The molecule has 0 aliphatic carbocycles. The van der Waals surface area contributed by atoms with Gasteiger partial charge in [-0.3, -0.25) is 4.79 Å². The lowest BCUT2D eigenvalue weighted by molar-refractivity contribution is -0.114. The number of aromatic nitrogens is 3. The SMILES string of the molecule is CC(=O)C1=C(C)Nc2nc(SCc3ccccc3Cl)nn2C1c1ccc(OCc2ccccc2C)cc1. The summed E-state index contributed by atoms with van der Waals surface area (Å²) in [6, 6.07) is 23.4. The summed E-state index contributed by atoms with van der Waals surface area (Å²) < 4.78 is 7.82. The van der Waals surface area contributed by atoms with Gasteiger partial charge in [-0.05, 0) is 61.2 Å². The average molecular weight is 531 g/mol. The van der Waals surface area contributed by atoms with Crippen LogP contribution in [0.15, 0.2) is 89.2 Å². The molecule has 0 fully saturated rings. The van der Waals surface area contributed by atoms with Crippen molar-refractivity contribution < 1.29 is 9.53 Å². The smallest absolute Gasteiger partial charge is 0.227 e. The summed E-state index contributed by atoms with van der Waals surface area (Å²) in [5, 5.41) is 9.37. The Kier molecular flexibility index (Phi) is 7.35. The first-order valence-electron chi connectivity index (χ1n) is 12.0. The summed E-state index contributed by atoms with van der Waals surface area (Å²) in [6.45, 7) is 6.06. The lowest BCUT2D eigenvalue weighted by Crippen LogP contribution is -2.27. The zero-order valence-electron chi connectivity index (χ0n) is 20.9. The number of anilines is 1. The molecule has 2 heterocycles. The number of carbonyl (C=O) groups is 1. The van der Waals surface area contributed by atoms with Crippen LogP contribution in [0.25, 0.3) is 0 Å². The molecular formula is C29H27ClN4O2S. The van der Waals surface area contributed by atoms with Crippen molar-refractivity contribution in [1.82, 2.24) is 14.8 Å². The molecule has 1 aliphatic rings. The number of nitrogens with one attached hydrogen (secondary N) is 1. The Morgan fingerprint density at radius 1 is 1.03 bits per heavy atom. The minimum Gasteiger partial charge on any atom is -0.489 e. The molecule has 3 aromatic carbocycles.